The van der Waals surface area contributed by atoms with Gasteiger partial charge in [0, 0.05) is 18.6 Å². The average molecular weight is 268 g/mol. The minimum atomic E-state index is -0.777. The number of carboxylic acids is 1. The molecule has 0 aromatic carbocycles. The highest BCUT2D eigenvalue weighted by atomic mass is 16.4. The molecular weight excluding hydrogens is 244 g/mol. The molecule has 2 aliphatic rings. The number of carboxylic acid groups (broad SMARTS) is 1. The SMILES string of the molecule is CCC1CCC(C)N1C(=O)NCC1(C(=O)O)CCC1. The van der Waals surface area contributed by atoms with Crippen molar-refractivity contribution in [1.29, 1.82) is 0 Å². The van der Waals surface area contributed by atoms with Crippen LogP contribution in [-0.4, -0.2) is 40.6 Å². The topological polar surface area (TPSA) is 69.6 Å². The molecule has 5 heteroatoms. The second kappa shape index (κ2) is 5.39. The molecule has 0 spiro atoms. The molecule has 2 fully saturated rings. The van der Waals surface area contributed by atoms with Gasteiger partial charge in [0.2, 0.25) is 0 Å². The van der Waals surface area contributed by atoms with E-state index in [1.54, 1.807) is 0 Å². The van der Waals surface area contributed by atoms with Gasteiger partial charge >= 0.3 is 12.0 Å². The number of rotatable bonds is 4. The van der Waals surface area contributed by atoms with E-state index in [0.29, 0.717) is 18.9 Å². The number of aliphatic carboxylic acids is 1. The average Bonchev–Trinajstić information content (AvgIpc) is 2.68. The van der Waals surface area contributed by atoms with Gasteiger partial charge in [-0.3, -0.25) is 4.79 Å². The van der Waals surface area contributed by atoms with Crippen LogP contribution in [0.2, 0.25) is 0 Å². The van der Waals surface area contributed by atoms with Crippen molar-refractivity contribution in [3.63, 3.8) is 0 Å². The van der Waals surface area contributed by atoms with E-state index in [2.05, 4.69) is 19.2 Å². The highest BCUT2D eigenvalue weighted by Gasteiger charge is 2.45. The van der Waals surface area contributed by atoms with Gasteiger partial charge < -0.3 is 15.3 Å². The van der Waals surface area contributed by atoms with Crippen molar-refractivity contribution >= 4 is 12.0 Å². The summed E-state index contributed by atoms with van der Waals surface area (Å²) in [5, 5.41) is 12.1. The summed E-state index contributed by atoms with van der Waals surface area (Å²) in [4.78, 5) is 25.4. The minimum Gasteiger partial charge on any atom is -0.481 e. The second-order valence-electron chi connectivity index (χ2n) is 5.99. The normalized spacial score (nSPS) is 28.8. The van der Waals surface area contributed by atoms with E-state index in [1.807, 2.05) is 4.90 Å². The van der Waals surface area contributed by atoms with Crippen LogP contribution in [0.4, 0.5) is 4.79 Å². The summed E-state index contributed by atoms with van der Waals surface area (Å²) in [6.07, 6.45) is 5.34. The van der Waals surface area contributed by atoms with Crippen LogP contribution in [0.5, 0.6) is 0 Å². The van der Waals surface area contributed by atoms with Gasteiger partial charge in [0.25, 0.3) is 0 Å². The van der Waals surface area contributed by atoms with Crippen molar-refractivity contribution in [2.45, 2.75) is 64.5 Å². The summed E-state index contributed by atoms with van der Waals surface area (Å²) in [6.45, 7) is 4.42. The fourth-order valence-electron chi connectivity index (χ4n) is 3.24. The molecule has 0 bridgehead atoms. The lowest BCUT2D eigenvalue weighted by Gasteiger charge is -2.38. The molecule has 0 aromatic heterocycles. The number of hydrogen-bond acceptors (Lipinski definition) is 2. The molecule has 2 N–H and O–H groups in total. The molecule has 1 aliphatic heterocycles. The van der Waals surface area contributed by atoms with Crippen LogP contribution in [0, 0.1) is 5.41 Å². The van der Waals surface area contributed by atoms with Crippen molar-refractivity contribution in [2.24, 2.45) is 5.41 Å². The lowest BCUT2D eigenvalue weighted by atomic mass is 9.69. The molecule has 2 atom stereocenters. The Labute approximate surface area is 114 Å². The summed E-state index contributed by atoms with van der Waals surface area (Å²) in [6, 6.07) is 0.466. The van der Waals surface area contributed by atoms with Crippen LogP contribution in [0.15, 0.2) is 0 Å². The molecule has 108 valence electrons. The molecule has 1 aliphatic carbocycles. The Balaban J connectivity index is 1.92. The standard InChI is InChI=1S/C14H24N2O3/c1-3-11-6-5-10(2)16(11)13(19)15-9-14(12(17)18)7-4-8-14/h10-11H,3-9H2,1-2H3,(H,15,19)(H,17,18). The fraction of sp³-hybridized carbons (Fsp3) is 0.857. The molecular formula is C14H24N2O3. The summed E-state index contributed by atoms with van der Waals surface area (Å²) < 4.78 is 0. The Kier molecular flexibility index (Phi) is 4.02. The van der Waals surface area contributed by atoms with E-state index >= 15 is 0 Å². The molecule has 1 saturated carbocycles. The summed E-state index contributed by atoms with van der Waals surface area (Å²) in [5.41, 5.74) is -0.708. The van der Waals surface area contributed by atoms with Crippen LogP contribution >= 0.6 is 0 Å². The zero-order valence-electron chi connectivity index (χ0n) is 11.8. The number of hydrogen-bond donors (Lipinski definition) is 2. The van der Waals surface area contributed by atoms with Crippen LogP contribution in [-0.2, 0) is 4.79 Å². The molecule has 1 saturated heterocycles. The smallest absolute Gasteiger partial charge is 0.317 e. The molecule has 2 amide bonds. The number of likely N-dealkylation sites (tertiary alicyclic amines) is 1. The fourth-order valence-corrected chi connectivity index (χ4v) is 3.24. The maximum atomic E-state index is 12.3. The quantitative estimate of drug-likeness (QED) is 0.821. The van der Waals surface area contributed by atoms with Crippen LogP contribution in [0.1, 0.15) is 52.4 Å². The van der Waals surface area contributed by atoms with Crippen LogP contribution in [0.25, 0.3) is 0 Å². The molecule has 19 heavy (non-hydrogen) atoms. The third kappa shape index (κ3) is 2.55. The summed E-state index contributed by atoms with van der Waals surface area (Å²) in [7, 11) is 0. The number of amides is 2. The number of urea groups is 1. The Bertz CT molecular complexity index is 366. The third-order valence-corrected chi connectivity index (χ3v) is 4.83. The Hall–Kier alpha value is -1.26. The second-order valence-corrected chi connectivity index (χ2v) is 5.99. The number of nitrogens with zero attached hydrogens (tertiary/aromatic N) is 1. The van der Waals surface area contributed by atoms with Gasteiger partial charge in [-0.25, -0.2) is 4.79 Å². The van der Waals surface area contributed by atoms with Gasteiger partial charge in [-0.15, -0.1) is 0 Å². The van der Waals surface area contributed by atoms with Crippen molar-refractivity contribution in [1.82, 2.24) is 10.2 Å². The first-order valence-electron chi connectivity index (χ1n) is 7.30. The lowest BCUT2D eigenvalue weighted by Crippen LogP contribution is -2.52. The van der Waals surface area contributed by atoms with Gasteiger partial charge in [-0.05, 0) is 39.0 Å². The number of carbonyl (C=O) groups excluding carboxylic acids is 1. The first-order chi connectivity index (χ1) is 9.00. The van der Waals surface area contributed by atoms with Gasteiger partial charge in [0.05, 0.1) is 5.41 Å². The molecule has 0 aromatic rings. The van der Waals surface area contributed by atoms with Gasteiger partial charge in [0.1, 0.15) is 0 Å². The Morgan fingerprint density at radius 3 is 2.53 bits per heavy atom. The predicted molar refractivity (Wildman–Crippen MR) is 71.9 cm³/mol. The number of nitrogens with one attached hydrogen (secondary N) is 1. The minimum absolute atomic E-state index is 0.0932. The molecule has 2 unspecified atom stereocenters. The zero-order valence-corrected chi connectivity index (χ0v) is 11.8. The monoisotopic (exact) mass is 268 g/mol. The van der Waals surface area contributed by atoms with E-state index in [-0.39, 0.29) is 18.6 Å². The molecule has 0 radical (unpaired) electrons. The van der Waals surface area contributed by atoms with E-state index in [0.717, 1.165) is 25.7 Å². The lowest BCUT2D eigenvalue weighted by molar-refractivity contribution is -0.153. The highest BCUT2D eigenvalue weighted by Crippen LogP contribution is 2.40. The van der Waals surface area contributed by atoms with E-state index in [1.165, 1.54) is 0 Å². The molecule has 2 rings (SSSR count). The van der Waals surface area contributed by atoms with Crippen LogP contribution in [0.3, 0.4) is 0 Å². The maximum absolute atomic E-state index is 12.3. The van der Waals surface area contributed by atoms with Crippen LogP contribution < -0.4 is 5.32 Å². The molecule has 1 heterocycles. The number of carbonyl (C=O) groups is 2. The van der Waals surface area contributed by atoms with Crippen molar-refractivity contribution in [2.75, 3.05) is 6.54 Å². The predicted octanol–water partition coefficient (Wildman–Crippen LogP) is 2.21. The van der Waals surface area contributed by atoms with E-state index in [4.69, 9.17) is 0 Å². The zero-order chi connectivity index (χ0) is 14.0. The third-order valence-electron chi connectivity index (χ3n) is 4.83. The van der Waals surface area contributed by atoms with Gasteiger partial charge in [0.15, 0.2) is 0 Å². The maximum Gasteiger partial charge on any atom is 0.317 e. The van der Waals surface area contributed by atoms with Gasteiger partial charge in [-0.1, -0.05) is 13.3 Å². The van der Waals surface area contributed by atoms with Crippen molar-refractivity contribution in [3.8, 4) is 0 Å². The van der Waals surface area contributed by atoms with E-state index in [9.17, 15) is 14.7 Å². The largest absolute Gasteiger partial charge is 0.481 e. The first-order valence-corrected chi connectivity index (χ1v) is 7.30. The van der Waals surface area contributed by atoms with Crippen molar-refractivity contribution in [3.05, 3.63) is 0 Å². The first kappa shape index (κ1) is 14.2. The molecule has 5 nitrogen and oxygen atoms in total. The van der Waals surface area contributed by atoms with Gasteiger partial charge in [-0.2, -0.15) is 0 Å². The van der Waals surface area contributed by atoms with E-state index < -0.39 is 11.4 Å². The summed E-state index contributed by atoms with van der Waals surface area (Å²) >= 11 is 0. The van der Waals surface area contributed by atoms with Crippen molar-refractivity contribution < 1.29 is 14.7 Å². The highest BCUT2D eigenvalue weighted by molar-refractivity contribution is 5.79. The Morgan fingerprint density at radius 2 is 2.05 bits per heavy atom. The Morgan fingerprint density at radius 1 is 1.37 bits per heavy atom. The summed E-state index contributed by atoms with van der Waals surface area (Å²) in [5.74, 6) is -0.777.